The maximum atomic E-state index is 14.0. The van der Waals surface area contributed by atoms with Gasteiger partial charge in [-0.15, -0.1) is 0 Å². The van der Waals surface area contributed by atoms with E-state index < -0.39 is 23.1 Å². The quantitative estimate of drug-likeness (QED) is 0.580. The van der Waals surface area contributed by atoms with E-state index in [1.54, 1.807) is 26.0 Å². The first kappa shape index (κ1) is 23.2. The van der Waals surface area contributed by atoms with Crippen LogP contribution in [0, 0.1) is 13.8 Å². The fourth-order valence-corrected chi connectivity index (χ4v) is 4.59. The average molecular weight is 462 g/mol. The van der Waals surface area contributed by atoms with Crippen LogP contribution in [0.2, 0.25) is 0 Å². The number of phenolic OH excluding ortho intramolecular Hbond substituents is 1. The number of alkyl halides is 3. The number of aromatic hydroxyl groups is 1. The first-order chi connectivity index (χ1) is 15.5. The van der Waals surface area contributed by atoms with Crippen molar-refractivity contribution in [1.29, 1.82) is 0 Å². The van der Waals surface area contributed by atoms with Gasteiger partial charge in [0.15, 0.2) is 5.58 Å². The topological polar surface area (TPSA) is 64.1 Å². The van der Waals surface area contributed by atoms with Gasteiger partial charge in [0, 0.05) is 0 Å². The summed E-state index contributed by atoms with van der Waals surface area (Å²) in [4.78, 5) is 14.4. The Morgan fingerprint density at radius 3 is 2.48 bits per heavy atom. The van der Waals surface area contributed by atoms with Gasteiger partial charge < -0.3 is 19.2 Å². The number of phenols is 1. The number of hydrogen-bond donors (Lipinski definition) is 2. The Bertz CT molecular complexity index is 1230. The summed E-state index contributed by atoms with van der Waals surface area (Å²) in [6.45, 7) is 6.74. The first-order valence-electron chi connectivity index (χ1n) is 11.0. The molecule has 1 aliphatic rings. The van der Waals surface area contributed by atoms with Crippen molar-refractivity contribution in [2.24, 2.45) is 0 Å². The van der Waals surface area contributed by atoms with Crippen molar-refractivity contribution in [3.8, 4) is 17.2 Å². The summed E-state index contributed by atoms with van der Waals surface area (Å²) in [5, 5.41) is 10.4. The molecule has 5 nitrogen and oxygen atoms in total. The third kappa shape index (κ3) is 4.71. The second kappa shape index (κ2) is 8.74. The highest BCUT2D eigenvalue weighted by Crippen LogP contribution is 2.40. The number of rotatable bonds is 4. The van der Waals surface area contributed by atoms with Crippen LogP contribution in [0.1, 0.15) is 48.6 Å². The molecule has 1 aliphatic heterocycles. The zero-order chi connectivity index (χ0) is 23.9. The van der Waals surface area contributed by atoms with Crippen LogP contribution in [-0.2, 0) is 12.7 Å². The van der Waals surface area contributed by atoms with E-state index in [0.29, 0.717) is 0 Å². The number of likely N-dealkylation sites (tertiary alicyclic amines) is 1. The Kier molecular flexibility index (Phi) is 6.14. The van der Waals surface area contributed by atoms with Crippen LogP contribution >= 0.6 is 0 Å². The van der Waals surface area contributed by atoms with Crippen molar-refractivity contribution in [2.45, 2.75) is 58.8 Å². The van der Waals surface area contributed by atoms with Crippen molar-refractivity contribution in [1.82, 2.24) is 0 Å². The largest absolute Gasteiger partial charge is 0.507 e. The number of halogens is 3. The molecule has 4 rings (SSSR count). The summed E-state index contributed by atoms with van der Waals surface area (Å²) < 4.78 is 52.8. The third-order valence-electron chi connectivity index (χ3n) is 6.26. The Labute approximate surface area is 189 Å². The van der Waals surface area contributed by atoms with Gasteiger partial charge in [0.25, 0.3) is 5.76 Å². The van der Waals surface area contributed by atoms with Crippen LogP contribution in [0.3, 0.4) is 0 Å². The molecule has 0 saturated carbocycles. The normalized spacial score (nSPS) is 19.1. The van der Waals surface area contributed by atoms with E-state index in [4.69, 9.17) is 9.15 Å². The molecule has 33 heavy (non-hydrogen) atoms. The SMILES string of the molecule is Cc1cc(C)cc(Oc2c(C(F)(F)F)oc3c(C[NH+]4CCCCC4C)c(O)ccc3c2=O)c1. The van der Waals surface area contributed by atoms with E-state index in [0.717, 1.165) is 41.8 Å². The molecule has 2 unspecified atom stereocenters. The summed E-state index contributed by atoms with van der Waals surface area (Å²) in [7, 11) is 0. The van der Waals surface area contributed by atoms with Gasteiger partial charge in [-0.05, 0) is 75.4 Å². The van der Waals surface area contributed by atoms with E-state index in [1.165, 1.54) is 12.1 Å². The molecule has 2 atom stereocenters. The van der Waals surface area contributed by atoms with E-state index in [2.05, 4.69) is 6.92 Å². The van der Waals surface area contributed by atoms with Crippen molar-refractivity contribution >= 4 is 11.0 Å². The van der Waals surface area contributed by atoms with Crippen molar-refractivity contribution in [3.05, 3.63) is 63.0 Å². The van der Waals surface area contributed by atoms with Gasteiger partial charge in [0.2, 0.25) is 11.2 Å². The smallest absolute Gasteiger partial charge is 0.453 e. The minimum atomic E-state index is -4.96. The fourth-order valence-electron chi connectivity index (χ4n) is 4.59. The number of piperidine rings is 1. The van der Waals surface area contributed by atoms with Gasteiger partial charge in [-0.3, -0.25) is 4.79 Å². The molecule has 2 N–H and O–H groups in total. The molecular formula is C25H27F3NO4+. The molecular weight excluding hydrogens is 435 g/mol. The maximum absolute atomic E-state index is 14.0. The third-order valence-corrected chi connectivity index (χ3v) is 6.26. The van der Waals surface area contributed by atoms with E-state index >= 15 is 0 Å². The fraction of sp³-hybridized carbons (Fsp3) is 0.400. The monoisotopic (exact) mass is 462 g/mol. The van der Waals surface area contributed by atoms with Gasteiger partial charge >= 0.3 is 6.18 Å². The predicted molar refractivity (Wildman–Crippen MR) is 118 cm³/mol. The standard InChI is InChI=1S/C25H26F3NO4/c1-14-10-15(2)12-17(11-14)32-23-21(31)18-7-8-20(30)19(13-29-9-5-4-6-16(29)3)22(18)33-24(23)25(26,27)28/h7-8,10-12,16,30H,4-6,9,13H2,1-3H3/p+1. The zero-order valence-corrected chi connectivity index (χ0v) is 18.8. The molecule has 0 radical (unpaired) electrons. The Morgan fingerprint density at radius 2 is 1.85 bits per heavy atom. The molecule has 2 aromatic carbocycles. The lowest BCUT2D eigenvalue weighted by atomic mass is 10.0. The summed E-state index contributed by atoms with van der Waals surface area (Å²) in [5.74, 6) is -2.48. The second-order valence-electron chi connectivity index (χ2n) is 8.93. The molecule has 0 bridgehead atoms. The second-order valence-corrected chi connectivity index (χ2v) is 8.93. The number of ether oxygens (including phenoxy) is 1. The van der Waals surface area contributed by atoms with E-state index in [9.17, 15) is 23.1 Å². The van der Waals surface area contributed by atoms with Gasteiger partial charge in [0.1, 0.15) is 18.0 Å². The number of aryl methyl sites for hydroxylation is 2. The lowest BCUT2D eigenvalue weighted by molar-refractivity contribution is -0.941. The van der Waals surface area contributed by atoms with E-state index in [-0.39, 0.29) is 40.6 Å². The Hall–Kier alpha value is -3.00. The van der Waals surface area contributed by atoms with Gasteiger partial charge in [-0.1, -0.05) is 6.07 Å². The maximum Gasteiger partial charge on any atom is 0.453 e. The number of nitrogens with one attached hydrogen (secondary N) is 1. The molecule has 0 amide bonds. The molecule has 8 heteroatoms. The summed E-state index contributed by atoms with van der Waals surface area (Å²) in [6.07, 6.45) is -1.88. The van der Waals surface area contributed by atoms with Crippen molar-refractivity contribution in [2.75, 3.05) is 6.54 Å². The van der Waals surface area contributed by atoms with Gasteiger partial charge in [0.05, 0.1) is 23.5 Å². The van der Waals surface area contributed by atoms with Gasteiger partial charge in [-0.2, -0.15) is 13.2 Å². The number of benzene rings is 2. The molecule has 2 heterocycles. The molecule has 1 aromatic heterocycles. The molecule has 0 aliphatic carbocycles. The Morgan fingerprint density at radius 1 is 1.15 bits per heavy atom. The van der Waals surface area contributed by atoms with Crippen LogP contribution in [0.15, 0.2) is 39.5 Å². The number of hydrogen-bond acceptors (Lipinski definition) is 4. The van der Waals surface area contributed by atoms with Crippen LogP contribution in [0.4, 0.5) is 13.2 Å². The lowest BCUT2D eigenvalue weighted by Crippen LogP contribution is -3.14. The van der Waals surface area contributed by atoms with Gasteiger partial charge in [-0.25, -0.2) is 0 Å². The molecule has 3 aromatic rings. The first-order valence-corrected chi connectivity index (χ1v) is 11.0. The Balaban J connectivity index is 1.89. The highest BCUT2D eigenvalue weighted by Gasteiger charge is 2.41. The summed E-state index contributed by atoms with van der Waals surface area (Å²) in [6, 6.07) is 7.86. The predicted octanol–water partition coefficient (Wildman–Crippen LogP) is 4.88. The molecule has 176 valence electrons. The van der Waals surface area contributed by atoms with Crippen LogP contribution in [0.25, 0.3) is 11.0 Å². The van der Waals surface area contributed by atoms with Crippen LogP contribution < -0.4 is 15.1 Å². The van der Waals surface area contributed by atoms with Crippen molar-refractivity contribution in [3.63, 3.8) is 0 Å². The number of quaternary nitrogens is 1. The van der Waals surface area contributed by atoms with E-state index in [1.807, 2.05) is 6.07 Å². The molecule has 0 spiro atoms. The lowest BCUT2D eigenvalue weighted by Gasteiger charge is -2.30. The summed E-state index contributed by atoms with van der Waals surface area (Å²) in [5.41, 5.74) is 0.608. The highest BCUT2D eigenvalue weighted by molar-refractivity contribution is 5.83. The molecule has 1 saturated heterocycles. The number of fused-ring (bicyclic) bond motifs is 1. The van der Waals surface area contributed by atoms with Crippen molar-refractivity contribution < 1.29 is 32.3 Å². The minimum Gasteiger partial charge on any atom is -0.507 e. The van der Waals surface area contributed by atoms with Crippen LogP contribution in [0.5, 0.6) is 17.2 Å². The minimum absolute atomic E-state index is 0.0563. The van der Waals surface area contributed by atoms with Crippen LogP contribution in [-0.4, -0.2) is 17.7 Å². The molecule has 1 fully saturated rings. The highest BCUT2D eigenvalue weighted by atomic mass is 19.4. The average Bonchev–Trinajstić information content (AvgIpc) is 2.71. The summed E-state index contributed by atoms with van der Waals surface area (Å²) >= 11 is 0. The zero-order valence-electron chi connectivity index (χ0n) is 18.8.